The minimum absolute atomic E-state index is 0.464. The molecular formula is C14H15N3S. The number of hydrogen-bond donors (Lipinski definition) is 1. The van der Waals surface area contributed by atoms with Crippen LogP contribution in [0.2, 0.25) is 0 Å². The molecule has 0 spiro atoms. The summed E-state index contributed by atoms with van der Waals surface area (Å²) in [5.41, 5.74) is 2.91. The highest BCUT2D eigenvalue weighted by Crippen LogP contribution is 2.05. The number of rotatable bonds is 1. The van der Waals surface area contributed by atoms with Gasteiger partial charge in [0, 0.05) is 18.9 Å². The average molecular weight is 257 g/mol. The van der Waals surface area contributed by atoms with Crippen LogP contribution in [0.1, 0.15) is 5.56 Å². The minimum Gasteiger partial charge on any atom is -0.336 e. The van der Waals surface area contributed by atoms with Gasteiger partial charge < -0.3 is 9.88 Å². The summed E-state index contributed by atoms with van der Waals surface area (Å²) >= 11 is 5.25. The molecule has 1 heterocycles. The standard InChI is InChI=1S/C14H15N3S/c1-11-7-6-10-17(2)13(11)16-14(18)15-12-8-4-3-5-9-12/h3-10H,1-2H3,(H,15,18). The van der Waals surface area contributed by atoms with Gasteiger partial charge in [0.05, 0.1) is 0 Å². The zero-order valence-electron chi connectivity index (χ0n) is 10.4. The molecule has 1 N–H and O–H groups in total. The van der Waals surface area contributed by atoms with Crippen LogP contribution in [0.3, 0.4) is 0 Å². The highest BCUT2D eigenvalue weighted by Gasteiger charge is 1.97. The summed E-state index contributed by atoms with van der Waals surface area (Å²) in [5, 5.41) is 3.56. The van der Waals surface area contributed by atoms with Crippen LogP contribution < -0.4 is 10.8 Å². The van der Waals surface area contributed by atoms with Crippen molar-refractivity contribution in [2.75, 3.05) is 5.32 Å². The Hall–Kier alpha value is -1.94. The van der Waals surface area contributed by atoms with Gasteiger partial charge in [-0.05, 0) is 42.9 Å². The van der Waals surface area contributed by atoms with Gasteiger partial charge in [-0.1, -0.05) is 24.3 Å². The molecule has 0 aliphatic rings. The maximum Gasteiger partial charge on any atom is 0.199 e. The lowest BCUT2D eigenvalue weighted by Crippen LogP contribution is -2.23. The Morgan fingerprint density at radius 1 is 1.17 bits per heavy atom. The van der Waals surface area contributed by atoms with Crippen LogP contribution in [0.25, 0.3) is 0 Å². The molecule has 92 valence electrons. The van der Waals surface area contributed by atoms with Crippen molar-refractivity contribution in [1.82, 2.24) is 4.57 Å². The Morgan fingerprint density at radius 3 is 2.56 bits per heavy atom. The van der Waals surface area contributed by atoms with Crippen molar-refractivity contribution in [2.24, 2.45) is 12.0 Å². The summed E-state index contributed by atoms with van der Waals surface area (Å²) in [6, 6.07) is 13.8. The first-order chi connectivity index (χ1) is 8.66. The predicted molar refractivity (Wildman–Crippen MR) is 78.4 cm³/mol. The van der Waals surface area contributed by atoms with E-state index in [1.165, 1.54) is 0 Å². The van der Waals surface area contributed by atoms with Crippen LogP contribution in [0.5, 0.6) is 0 Å². The van der Waals surface area contributed by atoms with Crippen molar-refractivity contribution >= 4 is 23.0 Å². The van der Waals surface area contributed by atoms with E-state index in [1.807, 2.05) is 67.2 Å². The second kappa shape index (κ2) is 5.60. The molecule has 0 bridgehead atoms. The van der Waals surface area contributed by atoms with Crippen LogP contribution in [0.15, 0.2) is 53.7 Å². The number of nitrogens with one attached hydrogen (secondary N) is 1. The van der Waals surface area contributed by atoms with E-state index in [2.05, 4.69) is 10.3 Å². The fourth-order valence-electron chi connectivity index (χ4n) is 1.68. The Labute approximate surface area is 112 Å². The number of hydrogen-bond acceptors (Lipinski definition) is 1. The second-order valence-electron chi connectivity index (χ2n) is 4.03. The zero-order chi connectivity index (χ0) is 13.0. The van der Waals surface area contributed by atoms with Gasteiger partial charge in [-0.25, -0.2) is 4.99 Å². The highest BCUT2D eigenvalue weighted by atomic mass is 32.1. The second-order valence-corrected chi connectivity index (χ2v) is 4.42. The number of aromatic nitrogens is 1. The normalized spacial score (nSPS) is 11.3. The maximum absolute atomic E-state index is 5.25. The van der Waals surface area contributed by atoms with E-state index >= 15 is 0 Å². The van der Waals surface area contributed by atoms with Crippen LogP contribution in [-0.4, -0.2) is 9.68 Å². The third-order valence-corrected chi connectivity index (χ3v) is 2.77. The number of thiocarbonyl (C=S) groups is 1. The molecule has 4 heteroatoms. The molecule has 0 radical (unpaired) electrons. The molecule has 0 atom stereocenters. The van der Waals surface area contributed by atoms with E-state index in [4.69, 9.17) is 12.2 Å². The smallest absolute Gasteiger partial charge is 0.199 e. The van der Waals surface area contributed by atoms with Crippen LogP contribution in [-0.2, 0) is 7.05 Å². The number of benzene rings is 1. The van der Waals surface area contributed by atoms with E-state index < -0.39 is 0 Å². The molecule has 0 saturated carbocycles. The van der Waals surface area contributed by atoms with E-state index in [0.29, 0.717) is 5.11 Å². The quantitative estimate of drug-likeness (QED) is 0.796. The molecule has 3 nitrogen and oxygen atoms in total. The third kappa shape index (κ3) is 3.05. The van der Waals surface area contributed by atoms with Gasteiger partial charge in [0.2, 0.25) is 0 Å². The highest BCUT2D eigenvalue weighted by molar-refractivity contribution is 7.80. The fraction of sp³-hybridized carbons (Fsp3) is 0.143. The first-order valence-electron chi connectivity index (χ1n) is 5.70. The summed E-state index contributed by atoms with van der Waals surface area (Å²) < 4.78 is 1.95. The topological polar surface area (TPSA) is 29.3 Å². The fourth-order valence-corrected chi connectivity index (χ4v) is 1.88. The zero-order valence-corrected chi connectivity index (χ0v) is 11.2. The SMILES string of the molecule is Cc1cccn(C)c1=NC(=S)Nc1ccccc1. The summed E-state index contributed by atoms with van der Waals surface area (Å²) in [6.07, 6.45) is 1.96. The number of pyridine rings is 1. The Bertz CT molecular complexity index is 591. The molecule has 2 rings (SSSR count). The van der Waals surface area contributed by atoms with Gasteiger partial charge >= 0.3 is 0 Å². The monoisotopic (exact) mass is 257 g/mol. The molecule has 0 unspecified atom stereocenters. The lowest BCUT2D eigenvalue weighted by atomic mass is 10.3. The molecule has 18 heavy (non-hydrogen) atoms. The Kier molecular flexibility index (Phi) is 3.89. The van der Waals surface area contributed by atoms with Crippen molar-refractivity contribution < 1.29 is 0 Å². The van der Waals surface area contributed by atoms with Crippen LogP contribution in [0, 0.1) is 6.92 Å². The predicted octanol–water partition coefficient (Wildman–Crippen LogP) is 2.63. The molecule has 0 fully saturated rings. The van der Waals surface area contributed by atoms with E-state index in [-0.39, 0.29) is 0 Å². The van der Waals surface area contributed by atoms with Gasteiger partial charge in [0.1, 0.15) is 5.49 Å². The third-order valence-electron chi connectivity index (χ3n) is 2.58. The van der Waals surface area contributed by atoms with E-state index in [0.717, 1.165) is 16.7 Å². The van der Waals surface area contributed by atoms with E-state index in [1.54, 1.807) is 0 Å². The first-order valence-corrected chi connectivity index (χ1v) is 6.10. The largest absolute Gasteiger partial charge is 0.336 e. The summed E-state index contributed by atoms with van der Waals surface area (Å²) in [5.74, 6) is 0. The minimum atomic E-state index is 0.464. The van der Waals surface area contributed by atoms with Crippen molar-refractivity contribution in [3.63, 3.8) is 0 Å². The number of nitrogens with zero attached hydrogens (tertiary/aromatic N) is 2. The summed E-state index contributed by atoms with van der Waals surface area (Å²) in [7, 11) is 1.96. The molecule has 0 aliphatic heterocycles. The van der Waals surface area contributed by atoms with Gasteiger partial charge in [-0.3, -0.25) is 0 Å². The molecular weight excluding hydrogens is 242 g/mol. The molecule has 0 saturated heterocycles. The van der Waals surface area contributed by atoms with Gasteiger partial charge in [0.15, 0.2) is 5.11 Å². The van der Waals surface area contributed by atoms with Crippen LogP contribution in [0.4, 0.5) is 5.69 Å². The molecule has 2 aromatic rings. The van der Waals surface area contributed by atoms with Crippen LogP contribution >= 0.6 is 12.2 Å². The van der Waals surface area contributed by atoms with Crippen molar-refractivity contribution in [2.45, 2.75) is 6.92 Å². The number of para-hydroxylation sites is 1. The maximum atomic E-state index is 5.25. The van der Waals surface area contributed by atoms with Gasteiger partial charge in [-0.2, -0.15) is 0 Å². The lowest BCUT2D eigenvalue weighted by Gasteiger charge is -2.05. The van der Waals surface area contributed by atoms with Crippen molar-refractivity contribution in [1.29, 1.82) is 0 Å². The van der Waals surface area contributed by atoms with Gasteiger partial charge in [0.25, 0.3) is 0 Å². The summed E-state index contributed by atoms with van der Waals surface area (Å²) in [6.45, 7) is 2.02. The van der Waals surface area contributed by atoms with Crippen molar-refractivity contribution in [3.8, 4) is 0 Å². The molecule has 1 aromatic carbocycles. The lowest BCUT2D eigenvalue weighted by molar-refractivity contribution is 0.827. The first kappa shape index (κ1) is 12.5. The molecule has 1 aromatic heterocycles. The number of anilines is 1. The van der Waals surface area contributed by atoms with Gasteiger partial charge in [-0.15, -0.1) is 0 Å². The summed E-state index contributed by atoms with van der Waals surface area (Å²) in [4.78, 5) is 4.44. The average Bonchev–Trinajstić information content (AvgIpc) is 2.35. The Morgan fingerprint density at radius 2 is 1.89 bits per heavy atom. The Balaban J connectivity index is 2.26. The van der Waals surface area contributed by atoms with E-state index in [9.17, 15) is 0 Å². The van der Waals surface area contributed by atoms with Crippen molar-refractivity contribution in [3.05, 3.63) is 59.7 Å². The molecule has 0 aliphatic carbocycles. The number of aryl methyl sites for hydroxylation is 2. The molecule has 0 amide bonds.